The molecule has 2 aliphatic rings. The molecule has 3 atom stereocenters. The lowest BCUT2D eigenvalue weighted by atomic mass is 10.0. The summed E-state index contributed by atoms with van der Waals surface area (Å²) in [6.07, 6.45) is 3.17. The van der Waals surface area contributed by atoms with Crippen molar-refractivity contribution < 1.29 is 14.7 Å². The Kier molecular flexibility index (Phi) is 2.30. The molecule has 1 saturated heterocycles. The summed E-state index contributed by atoms with van der Waals surface area (Å²) in [6, 6.07) is -0.713. The highest BCUT2D eigenvalue weighted by Gasteiger charge is 2.69. The second kappa shape index (κ2) is 3.59. The Morgan fingerprint density at radius 1 is 1.47 bits per heavy atom. The van der Waals surface area contributed by atoms with Gasteiger partial charge in [-0.3, -0.25) is 4.79 Å². The van der Waals surface area contributed by atoms with Gasteiger partial charge in [-0.05, 0) is 11.3 Å². The minimum Gasteiger partial charge on any atom is -0.480 e. The van der Waals surface area contributed by atoms with Crippen LogP contribution in [-0.4, -0.2) is 44.0 Å². The quantitative estimate of drug-likeness (QED) is 0.848. The number of aryl methyl sites for hydroxylation is 1. The molecule has 1 saturated carbocycles. The third kappa shape index (κ3) is 1.59. The number of aliphatic carboxylic acids is 1. The number of amides is 1. The zero-order chi connectivity index (χ0) is 13.9. The number of piperidine rings is 1. The van der Waals surface area contributed by atoms with Crippen LogP contribution in [0.4, 0.5) is 0 Å². The number of hydrogen-bond donors (Lipinski definition) is 1. The number of carboxylic acids is 1. The first-order chi connectivity index (χ1) is 8.84. The van der Waals surface area contributed by atoms with E-state index in [0.717, 1.165) is 0 Å². The maximum Gasteiger partial charge on any atom is 0.326 e. The standard InChI is InChI=1S/C13H17N3O3/c1-13(2)7-4-16(10(9(7)13)12(18)19)11(17)8-5-15(3)6-14-8/h5-7,9-10H,4H2,1-3H3,(H,18,19). The van der Waals surface area contributed by atoms with Crippen LogP contribution >= 0.6 is 0 Å². The molecule has 3 rings (SSSR count). The van der Waals surface area contributed by atoms with E-state index in [1.165, 1.54) is 4.90 Å². The van der Waals surface area contributed by atoms with E-state index in [2.05, 4.69) is 18.8 Å². The Hall–Kier alpha value is -1.85. The van der Waals surface area contributed by atoms with Crippen molar-refractivity contribution in [3.8, 4) is 0 Å². The second-order valence-electron chi connectivity index (χ2n) is 6.12. The molecule has 6 nitrogen and oxygen atoms in total. The lowest BCUT2D eigenvalue weighted by Crippen LogP contribution is -2.45. The number of hydrogen-bond acceptors (Lipinski definition) is 3. The van der Waals surface area contributed by atoms with Crippen LogP contribution < -0.4 is 0 Å². The number of fused-ring (bicyclic) bond motifs is 1. The molecule has 102 valence electrons. The van der Waals surface area contributed by atoms with Gasteiger partial charge in [0.25, 0.3) is 5.91 Å². The molecule has 1 aromatic heterocycles. The van der Waals surface area contributed by atoms with Gasteiger partial charge in [0.05, 0.1) is 6.33 Å². The summed E-state index contributed by atoms with van der Waals surface area (Å²) in [4.78, 5) is 29.3. The highest BCUT2D eigenvalue weighted by atomic mass is 16.4. The summed E-state index contributed by atoms with van der Waals surface area (Å²) >= 11 is 0. The van der Waals surface area contributed by atoms with Crippen molar-refractivity contribution in [3.63, 3.8) is 0 Å². The van der Waals surface area contributed by atoms with Crippen molar-refractivity contribution in [1.29, 1.82) is 0 Å². The number of nitrogens with zero attached hydrogens (tertiary/aromatic N) is 3. The number of likely N-dealkylation sites (tertiary alicyclic amines) is 1. The molecule has 1 amide bonds. The molecule has 3 unspecified atom stereocenters. The van der Waals surface area contributed by atoms with Crippen molar-refractivity contribution >= 4 is 11.9 Å². The number of aromatic nitrogens is 2. The molecular formula is C13H17N3O3. The van der Waals surface area contributed by atoms with E-state index < -0.39 is 12.0 Å². The normalized spacial score (nSPS) is 31.1. The van der Waals surface area contributed by atoms with Crippen LogP contribution in [-0.2, 0) is 11.8 Å². The van der Waals surface area contributed by atoms with Crippen molar-refractivity contribution in [1.82, 2.24) is 14.5 Å². The van der Waals surface area contributed by atoms with E-state index in [0.29, 0.717) is 18.2 Å². The monoisotopic (exact) mass is 263 g/mol. The smallest absolute Gasteiger partial charge is 0.326 e. The maximum atomic E-state index is 12.3. The number of imidazole rings is 1. The Morgan fingerprint density at radius 3 is 2.68 bits per heavy atom. The largest absolute Gasteiger partial charge is 0.480 e. The van der Waals surface area contributed by atoms with Crippen molar-refractivity contribution in [2.75, 3.05) is 6.54 Å². The fourth-order valence-electron chi connectivity index (χ4n) is 3.45. The first kappa shape index (κ1) is 12.2. The Morgan fingerprint density at radius 2 is 2.16 bits per heavy atom. The first-order valence-corrected chi connectivity index (χ1v) is 6.35. The predicted octanol–water partition coefficient (Wildman–Crippen LogP) is 0.601. The van der Waals surface area contributed by atoms with Gasteiger partial charge in [-0.25, -0.2) is 9.78 Å². The second-order valence-corrected chi connectivity index (χ2v) is 6.12. The lowest BCUT2D eigenvalue weighted by molar-refractivity contribution is -0.142. The Bertz CT molecular complexity index is 563. The molecular weight excluding hydrogens is 246 g/mol. The summed E-state index contributed by atoms with van der Waals surface area (Å²) < 4.78 is 1.68. The molecule has 1 aliphatic heterocycles. The van der Waals surface area contributed by atoms with Crippen LogP contribution in [0.25, 0.3) is 0 Å². The SMILES string of the molecule is Cn1cnc(C(=O)N2CC3C(C2C(=O)O)C3(C)C)c1. The fourth-order valence-corrected chi connectivity index (χ4v) is 3.45. The molecule has 1 N–H and O–H groups in total. The first-order valence-electron chi connectivity index (χ1n) is 6.35. The van der Waals surface area contributed by atoms with Crippen molar-refractivity contribution in [3.05, 3.63) is 18.2 Å². The molecule has 1 aromatic rings. The number of rotatable bonds is 2. The van der Waals surface area contributed by atoms with Crippen LogP contribution in [0, 0.1) is 17.3 Å². The molecule has 1 aliphatic carbocycles. The summed E-state index contributed by atoms with van der Waals surface area (Å²) in [5, 5.41) is 9.39. The van der Waals surface area contributed by atoms with Gasteiger partial charge in [0, 0.05) is 25.7 Å². The molecule has 2 heterocycles. The van der Waals surface area contributed by atoms with Gasteiger partial charge in [-0.2, -0.15) is 0 Å². The Labute approximate surface area is 111 Å². The molecule has 6 heteroatoms. The molecule has 0 radical (unpaired) electrons. The Balaban J connectivity index is 1.86. The molecule has 0 spiro atoms. The minimum absolute atomic E-state index is 0.0317. The third-order valence-electron chi connectivity index (χ3n) is 4.65. The zero-order valence-electron chi connectivity index (χ0n) is 11.2. The van der Waals surface area contributed by atoms with E-state index in [1.54, 1.807) is 24.1 Å². The van der Waals surface area contributed by atoms with E-state index in [4.69, 9.17) is 0 Å². The fraction of sp³-hybridized carbons (Fsp3) is 0.615. The van der Waals surface area contributed by atoms with Crippen LogP contribution in [0.1, 0.15) is 24.3 Å². The van der Waals surface area contributed by atoms with Gasteiger partial charge in [0.1, 0.15) is 11.7 Å². The zero-order valence-corrected chi connectivity index (χ0v) is 11.2. The van der Waals surface area contributed by atoms with E-state index in [-0.39, 0.29) is 17.2 Å². The van der Waals surface area contributed by atoms with Crippen molar-refractivity contribution in [2.24, 2.45) is 24.3 Å². The van der Waals surface area contributed by atoms with Crippen LogP contribution in [0.15, 0.2) is 12.5 Å². The summed E-state index contributed by atoms with van der Waals surface area (Å²) in [6.45, 7) is 4.66. The molecule has 0 aromatic carbocycles. The maximum absolute atomic E-state index is 12.3. The average molecular weight is 263 g/mol. The minimum atomic E-state index is -0.914. The number of carbonyl (C=O) groups excluding carboxylic acids is 1. The van der Waals surface area contributed by atoms with E-state index in [1.807, 2.05) is 0 Å². The summed E-state index contributed by atoms with van der Waals surface area (Å²) in [5.74, 6) is -0.836. The summed E-state index contributed by atoms with van der Waals surface area (Å²) in [5.41, 5.74) is 0.345. The molecule has 2 fully saturated rings. The topological polar surface area (TPSA) is 75.4 Å². The van der Waals surface area contributed by atoms with Crippen molar-refractivity contribution in [2.45, 2.75) is 19.9 Å². The average Bonchev–Trinajstić information content (AvgIpc) is 2.78. The van der Waals surface area contributed by atoms with Gasteiger partial charge < -0.3 is 14.6 Å². The van der Waals surface area contributed by atoms with Gasteiger partial charge in [-0.15, -0.1) is 0 Å². The number of carbonyl (C=O) groups is 2. The third-order valence-corrected chi connectivity index (χ3v) is 4.65. The van der Waals surface area contributed by atoms with Gasteiger partial charge in [0.2, 0.25) is 0 Å². The highest BCUT2D eigenvalue weighted by molar-refractivity contribution is 5.95. The van der Waals surface area contributed by atoms with Crippen LogP contribution in [0.3, 0.4) is 0 Å². The van der Waals surface area contributed by atoms with Gasteiger partial charge >= 0.3 is 5.97 Å². The van der Waals surface area contributed by atoms with E-state index >= 15 is 0 Å². The molecule has 19 heavy (non-hydrogen) atoms. The van der Waals surface area contributed by atoms with Crippen LogP contribution in [0.2, 0.25) is 0 Å². The highest BCUT2D eigenvalue weighted by Crippen LogP contribution is 2.64. The van der Waals surface area contributed by atoms with E-state index in [9.17, 15) is 14.7 Å². The predicted molar refractivity (Wildman–Crippen MR) is 66.4 cm³/mol. The van der Waals surface area contributed by atoms with Crippen LogP contribution in [0.5, 0.6) is 0 Å². The van der Waals surface area contributed by atoms with Gasteiger partial charge in [-0.1, -0.05) is 13.8 Å². The number of carboxylic acid groups (broad SMARTS) is 1. The van der Waals surface area contributed by atoms with Gasteiger partial charge in [0.15, 0.2) is 0 Å². The summed E-state index contributed by atoms with van der Waals surface area (Å²) in [7, 11) is 1.78. The molecule has 0 bridgehead atoms. The lowest BCUT2D eigenvalue weighted by Gasteiger charge is -2.27.